The van der Waals surface area contributed by atoms with Crippen LogP contribution in [0.3, 0.4) is 0 Å². The summed E-state index contributed by atoms with van der Waals surface area (Å²) < 4.78 is 0. The first-order valence-electron chi connectivity index (χ1n) is 14.6. The smallest absolute Gasteiger partial charge is 0.252 e. The van der Waals surface area contributed by atoms with Crippen LogP contribution in [0.15, 0.2) is 91.0 Å². The molecule has 1 aliphatic carbocycles. The van der Waals surface area contributed by atoms with Gasteiger partial charge in [0.15, 0.2) is 5.78 Å². The van der Waals surface area contributed by atoms with E-state index in [1.54, 1.807) is 12.1 Å². The van der Waals surface area contributed by atoms with E-state index in [1.165, 1.54) is 0 Å². The van der Waals surface area contributed by atoms with E-state index in [-0.39, 0.29) is 17.7 Å². The van der Waals surface area contributed by atoms with Crippen molar-refractivity contribution >= 4 is 45.1 Å². The van der Waals surface area contributed by atoms with Crippen LogP contribution >= 0.6 is 0 Å². The number of rotatable bonds is 8. The fourth-order valence-corrected chi connectivity index (χ4v) is 5.94. The summed E-state index contributed by atoms with van der Waals surface area (Å²) in [5.41, 5.74) is 2.37. The number of fused-ring (bicyclic) bond motifs is 2. The summed E-state index contributed by atoms with van der Waals surface area (Å²) in [6.07, 6.45) is 3.93. The van der Waals surface area contributed by atoms with Crippen LogP contribution in [-0.4, -0.2) is 48.3 Å². The van der Waals surface area contributed by atoms with Gasteiger partial charge in [-0.15, -0.1) is 0 Å². The molecule has 0 radical (unpaired) electrons. The molecule has 2 N–H and O–H groups in total. The molecule has 7 nitrogen and oxygen atoms in total. The Morgan fingerprint density at radius 2 is 1.38 bits per heavy atom. The minimum atomic E-state index is -0.208. The molecular formula is C35H35N5O2. The molecule has 212 valence electrons. The van der Waals surface area contributed by atoms with Crippen LogP contribution in [0.2, 0.25) is 0 Å². The maximum absolute atomic E-state index is 13.6. The normalized spacial score (nSPS) is 16.7. The second kappa shape index (κ2) is 12.0. The summed E-state index contributed by atoms with van der Waals surface area (Å²) in [6.45, 7) is 0.583. The molecule has 42 heavy (non-hydrogen) atoms. The largest absolute Gasteiger partial charge is 0.362 e. The van der Waals surface area contributed by atoms with Gasteiger partial charge in [0, 0.05) is 43.2 Å². The Hall–Kier alpha value is -4.78. The highest BCUT2D eigenvalue weighted by Gasteiger charge is 2.24. The lowest BCUT2D eigenvalue weighted by molar-refractivity contribution is 0.0933. The number of amides is 1. The molecule has 1 saturated carbocycles. The zero-order valence-corrected chi connectivity index (χ0v) is 24.0. The van der Waals surface area contributed by atoms with E-state index in [0.717, 1.165) is 53.2 Å². The SMILES string of the molecule is CN(C)c1nc(NC2CCC(CNC(=O)c3ccccc3C(=O)c3cccc4ccccc34)CC2)nc2ccccc12. The second-order valence-corrected chi connectivity index (χ2v) is 11.3. The van der Waals surface area contributed by atoms with Crippen LogP contribution in [0.4, 0.5) is 11.8 Å². The van der Waals surface area contributed by atoms with E-state index >= 15 is 0 Å². The Morgan fingerprint density at radius 1 is 0.738 bits per heavy atom. The van der Waals surface area contributed by atoms with Crippen LogP contribution in [0.1, 0.15) is 52.0 Å². The number of ketones is 1. The predicted octanol–water partition coefficient (Wildman–Crippen LogP) is 6.48. The van der Waals surface area contributed by atoms with Crippen molar-refractivity contribution in [3.05, 3.63) is 108 Å². The monoisotopic (exact) mass is 557 g/mol. The zero-order valence-electron chi connectivity index (χ0n) is 24.0. The Balaban J connectivity index is 1.08. The van der Waals surface area contributed by atoms with Gasteiger partial charge in [0.05, 0.1) is 11.1 Å². The van der Waals surface area contributed by atoms with Gasteiger partial charge in [-0.25, -0.2) is 4.98 Å². The maximum Gasteiger partial charge on any atom is 0.252 e. The quantitative estimate of drug-likeness (QED) is 0.212. The molecule has 6 rings (SSSR count). The minimum Gasteiger partial charge on any atom is -0.362 e. The summed E-state index contributed by atoms with van der Waals surface area (Å²) in [6, 6.07) is 29.0. The van der Waals surface area contributed by atoms with Crippen molar-refractivity contribution in [1.29, 1.82) is 0 Å². The molecule has 0 spiro atoms. The Bertz CT molecular complexity index is 1750. The van der Waals surface area contributed by atoms with Crippen LogP contribution < -0.4 is 15.5 Å². The van der Waals surface area contributed by atoms with Crippen molar-refractivity contribution in [2.75, 3.05) is 30.9 Å². The van der Waals surface area contributed by atoms with E-state index in [9.17, 15) is 9.59 Å². The average Bonchev–Trinajstić information content (AvgIpc) is 3.03. The molecule has 0 unspecified atom stereocenters. The fourth-order valence-electron chi connectivity index (χ4n) is 5.94. The molecular weight excluding hydrogens is 522 g/mol. The third-order valence-corrected chi connectivity index (χ3v) is 8.19. The van der Waals surface area contributed by atoms with Crippen molar-refractivity contribution in [3.63, 3.8) is 0 Å². The number of hydrogen-bond donors (Lipinski definition) is 2. The Labute approximate surface area is 246 Å². The first kappa shape index (κ1) is 27.4. The van der Waals surface area contributed by atoms with Crippen molar-refractivity contribution in [3.8, 4) is 0 Å². The van der Waals surface area contributed by atoms with Crippen molar-refractivity contribution < 1.29 is 9.59 Å². The van der Waals surface area contributed by atoms with Crippen LogP contribution in [-0.2, 0) is 0 Å². The molecule has 1 heterocycles. The highest BCUT2D eigenvalue weighted by atomic mass is 16.2. The molecule has 4 aromatic carbocycles. The van der Waals surface area contributed by atoms with Crippen LogP contribution in [0.25, 0.3) is 21.7 Å². The van der Waals surface area contributed by atoms with Gasteiger partial charge < -0.3 is 15.5 Å². The van der Waals surface area contributed by atoms with Gasteiger partial charge in [-0.2, -0.15) is 4.98 Å². The van der Waals surface area contributed by atoms with Gasteiger partial charge in [0.1, 0.15) is 5.82 Å². The molecule has 1 fully saturated rings. The van der Waals surface area contributed by atoms with E-state index in [0.29, 0.717) is 35.1 Å². The highest BCUT2D eigenvalue weighted by molar-refractivity contribution is 6.20. The van der Waals surface area contributed by atoms with E-state index < -0.39 is 0 Å². The number of carbonyl (C=O) groups is 2. The first-order chi connectivity index (χ1) is 20.5. The number of para-hydroxylation sites is 1. The van der Waals surface area contributed by atoms with Gasteiger partial charge >= 0.3 is 0 Å². The van der Waals surface area contributed by atoms with E-state index in [4.69, 9.17) is 9.97 Å². The van der Waals surface area contributed by atoms with Crippen LogP contribution in [0.5, 0.6) is 0 Å². The number of nitrogens with zero attached hydrogens (tertiary/aromatic N) is 3. The lowest BCUT2D eigenvalue weighted by atomic mass is 9.86. The second-order valence-electron chi connectivity index (χ2n) is 11.3. The Kier molecular flexibility index (Phi) is 7.82. The molecule has 0 aliphatic heterocycles. The first-order valence-corrected chi connectivity index (χ1v) is 14.6. The lowest BCUT2D eigenvalue weighted by Crippen LogP contribution is -2.34. The molecule has 0 saturated heterocycles. The molecule has 0 bridgehead atoms. The Morgan fingerprint density at radius 3 is 2.17 bits per heavy atom. The lowest BCUT2D eigenvalue weighted by Gasteiger charge is -2.29. The number of anilines is 2. The van der Waals surface area contributed by atoms with Gasteiger partial charge in [0.2, 0.25) is 5.95 Å². The van der Waals surface area contributed by atoms with Gasteiger partial charge in [-0.05, 0) is 60.6 Å². The summed E-state index contributed by atoms with van der Waals surface area (Å²) in [5.74, 6) is 1.58. The van der Waals surface area contributed by atoms with Gasteiger partial charge in [-0.1, -0.05) is 72.8 Å². The fraction of sp³-hybridized carbons (Fsp3) is 0.257. The number of hydrogen-bond acceptors (Lipinski definition) is 6. The van der Waals surface area contributed by atoms with Crippen molar-refractivity contribution in [2.24, 2.45) is 5.92 Å². The third kappa shape index (κ3) is 5.68. The highest BCUT2D eigenvalue weighted by Crippen LogP contribution is 2.29. The van der Waals surface area contributed by atoms with E-state index in [2.05, 4.69) is 10.6 Å². The van der Waals surface area contributed by atoms with Crippen molar-refractivity contribution in [1.82, 2.24) is 15.3 Å². The number of aromatic nitrogens is 2. The molecule has 1 aliphatic rings. The standard InChI is InChI=1S/C35H35N5O2/c1-40(2)33-30-15-7-8-17-31(30)38-35(39-33)37-25-20-18-23(19-21-25)22-36-34(42)29-14-6-5-13-28(29)32(41)27-16-9-11-24-10-3-4-12-26(24)27/h3-17,23,25H,18-22H2,1-2H3,(H,36,42)(H,37,38,39). The average molecular weight is 558 g/mol. The number of nitrogens with one attached hydrogen (secondary N) is 2. The molecule has 1 amide bonds. The van der Waals surface area contributed by atoms with Gasteiger partial charge in [-0.3, -0.25) is 9.59 Å². The topological polar surface area (TPSA) is 87.2 Å². The molecule has 5 aromatic rings. The van der Waals surface area contributed by atoms with Crippen molar-refractivity contribution in [2.45, 2.75) is 31.7 Å². The molecule has 0 atom stereocenters. The number of carbonyl (C=O) groups excluding carboxylic acids is 2. The van der Waals surface area contributed by atoms with Gasteiger partial charge in [0.25, 0.3) is 5.91 Å². The summed E-state index contributed by atoms with van der Waals surface area (Å²) >= 11 is 0. The maximum atomic E-state index is 13.6. The zero-order chi connectivity index (χ0) is 29.1. The molecule has 7 heteroatoms. The summed E-state index contributed by atoms with van der Waals surface area (Å²) in [7, 11) is 3.99. The summed E-state index contributed by atoms with van der Waals surface area (Å²) in [5, 5.41) is 9.59. The van der Waals surface area contributed by atoms with E-state index in [1.807, 2.05) is 97.9 Å². The predicted molar refractivity (Wildman–Crippen MR) is 169 cm³/mol. The number of benzene rings is 4. The third-order valence-electron chi connectivity index (χ3n) is 8.19. The molecule has 1 aromatic heterocycles. The van der Waals surface area contributed by atoms with Crippen LogP contribution in [0, 0.1) is 5.92 Å². The minimum absolute atomic E-state index is 0.141. The summed E-state index contributed by atoms with van der Waals surface area (Å²) in [4.78, 5) is 38.5.